The largest absolute Gasteiger partial charge is 0.486 e. The average Bonchev–Trinajstić information content (AvgIpc) is 3.10. The maximum absolute atomic E-state index is 12.7. The number of hydrogen-bond acceptors (Lipinski definition) is 4. The minimum absolute atomic E-state index is 0.0380. The minimum Gasteiger partial charge on any atom is -0.486 e. The summed E-state index contributed by atoms with van der Waals surface area (Å²) in [6.07, 6.45) is 1.67. The summed E-state index contributed by atoms with van der Waals surface area (Å²) in [5, 5.41) is 7.30. The van der Waals surface area contributed by atoms with Crippen molar-refractivity contribution in [1.82, 2.24) is 15.1 Å². The zero-order valence-corrected chi connectivity index (χ0v) is 17.3. The highest BCUT2D eigenvalue weighted by atomic mass is 16.5. The first-order valence-corrected chi connectivity index (χ1v) is 9.61. The molecule has 1 aromatic heterocycles. The number of nitrogens with zero attached hydrogens (tertiary/aromatic N) is 2. The number of methoxy groups -OCH3 is 1. The van der Waals surface area contributed by atoms with Crippen LogP contribution in [0, 0.1) is 0 Å². The Hall–Kier alpha value is -3.12. The highest BCUT2D eigenvalue weighted by molar-refractivity contribution is 5.95. The molecule has 6 nitrogen and oxygen atoms in total. The SMILES string of the molecule is COCc1nn(C)cc1C(=O)NC(C)c1ccc(OC(C)c2ccccc2)cc1. The van der Waals surface area contributed by atoms with Crippen LogP contribution in [0.2, 0.25) is 0 Å². The quantitative estimate of drug-likeness (QED) is 0.623. The maximum Gasteiger partial charge on any atom is 0.255 e. The van der Waals surface area contributed by atoms with E-state index in [1.54, 1.807) is 25.0 Å². The molecular formula is C23H27N3O3. The number of ether oxygens (including phenoxy) is 2. The van der Waals surface area contributed by atoms with E-state index in [2.05, 4.69) is 10.4 Å². The van der Waals surface area contributed by atoms with Crippen molar-refractivity contribution in [3.63, 3.8) is 0 Å². The van der Waals surface area contributed by atoms with Gasteiger partial charge in [-0.2, -0.15) is 5.10 Å². The predicted octanol–water partition coefficient (Wildman–Crippen LogP) is 4.20. The fourth-order valence-corrected chi connectivity index (χ4v) is 3.16. The second kappa shape index (κ2) is 9.39. The molecule has 29 heavy (non-hydrogen) atoms. The van der Waals surface area contributed by atoms with Crippen molar-refractivity contribution in [2.75, 3.05) is 7.11 Å². The van der Waals surface area contributed by atoms with Crippen LogP contribution in [0.25, 0.3) is 0 Å². The first-order valence-electron chi connectivity index (χ1n) is 9.61. The summed E-state index contributed by atoms with van der Waals surface area (Å²) in [5.41, 5.74) is 3.27. The van der Waals surface area contributed by atoms with E-state index in [1.165, 1.54) is 0 Å². The van der Waals surface area contributed by atoms with Crippen molar-refractivity contribution >= 4 is 5.91 Å². The van der Waals surface area contributed by atoms with Gasteiger partial charge in [0.15, 0.2) is 0 Å². The number of hydrogen-bond donors (Lipinski definition) is 1. The molecule has 6 heteroatoms. The molecule has 3 rings (SSSR count). The van der Waals surface area contributed by atoms with Gasteiger partial charge in [-0.1, -0.05) is 42.5 Å². The molecule has 0 fully saturated rings. The fraction of sp³-hybridized carbons (Fsp3) is 0.304. The first kappa shape index (κ1) is 20.6. The molecule has 0 aliphatic heterocycles. The van der Waals surface area contributed by atoms with Gasteiger partial charge in [0.05, 0.1) is 18.2 Å². The lowest BCUT2D eigenvalue weighted by Crippen LogP contribution is -2.27. The van der Waals surface area contributed by atoms with E-state index in [1.807, 2.05) is 68.4 Å². The fourth-order valence-electron chi connectivity index (χ4n) is 3.16. The van der Waals surface area contributed by atoms with E-state index in [0.717, 1.165) is 16.9 Å². The van der Waals surface area contributed by atoms with Crippen LogP contribution in [-0.4, -0.2) is 22.8 Å². The van der Waals surface area contributed by atoms with Gasteiger partial charge in [-0.15, -0.1) is 0 Å². The van der Waals surface area contributed by atoms with Gasteiger partial charge >= 0.3 is 0 Å². The zero-order chi connectivity index (χ0) is 20.8. The van der Waals surface area contributed by atoms with Crippen molar-refractivity contribution in [2.24, 2.45) is 7.05 Å². The Morgan fingerprint density at radius 2 is 1.76 bits per heavy atom. The molecule has 2 unspecified atom stereocenters. The Morgan fingerprint density at radius 1 is 1.07 bits per heavy atom. The highest BCUT2D eigenvalue weighted by Crippen LogP contribution is 2.24. The Kier molecular flexibility index (Phi) is 6.67. The summed E-state index contributed by atoms with van der Waals surface area (Å²) in [6.45, 7) is 4.27. The first-order chi connectivity index (χ1) is 14.0. The summed E-state index contributed by atoms with van der Waals surface area (Å²) in [7, 11) is 3.37. The Balaban J connectivity index is 1.63. The van der Waals surface area contributed by atoms with E-state index in [4.69, 9.17) is 9.47 Å². The average molecular weight is 393 g/mol. The molecule has 3 aromatic rings. The van der Waals surface area contributed by atoms with Gasteiger partial charge in [0, 0.05) is 20.4 Å². The Morgan fingerprint density at radius 3 is 2.41 bits per heavy atom. The number of carbonyl (C=O) groups is 1. The van der Waals surface area contributed by atoms with Crippen molar-refractivity contribution in [3.05, 3.63) is 83.2 Å². The van der Waals surface area contributed by atoms with Gasteiger partial charge in [0.1, 0.15) is 17.5 Å². The normalized spacial score (nSPS) is 13.0. The number of nitrogens with one attached hydrogen (secondary N) is 1. The van der Waals surface area contributed by atoms with Crippen LogP contribution in [0.15, 0.2) is 60.8 Å². The molecule has 2 aromatic carbocycles. The molecule has 1 N–H and O–H groups in total. The summed E-state index contributed by atoms with van der Waals surface area (Å²) in [5.74, 6) is 0.619. The summed E-state index contributed by atoms with van der Waals surface area (Å²) >= 11 is 0. The predicted molar refractivity (Wildman–Crippen MR) is 112 cm³/mol. The summed E-state index contributed by atoms with van der Waals surface area (Å²) < 4.78 is 12.8. The van der Waals surface area contributed by atoms with Crippen LogP contribution in [0.1, 0.15) is 53.2 Å². The third-order valence-corrected chi connectivity index (χ3v) is 4.74. The van der Waals surface area contributed by atoms with Crippen molar-refractivity contribution in [1.29, 1.82) is 0 Å². The molecule has 0 bridgehead atoms. The lowest BCUT2D eigenvalue weighted by molar-refractivity contribution is 0.0935. The van der Waals surface area contributed by atoms with Crippen LogP contribution in [0.4, 0.5) is 0 Å². The van der Waals surface area contributed by atoms with Gasteiger partial charge in [0.25, 0.3) is 5.91 Å². The molecule has 152 valence electrons. The molecule has 0 saturated carbocycles. The lowest BCUT2D eigenvalue weighted by Gasteiger charge is -2.17. The molecular weight excluding hydrogens is 366 g/mol. The van der Waals surface area contributed by atoms with Crippen LogP contribution < -0.4 is 10.1 Å². The van der Waals surface area contributed by atoms with Gasteiger partial charge in [0.2, 0.25) is 0 Å². The van der Waals surface area contributed by atoms with E-state index >= 15 is 0 Å². The molecule has 0 aliphatic carbocycles. The minimum atomic E-state index is -0.171. The lowest BCUT2D eigenvalue weighted by atomic mass is 10.1. The van der Waals surface area contributed by atoms with E-state index < -0.39 is 0 Å². The Labute approximate surface area is 171 Å². The van der Waals surface area contributed by atoms with Crippen LogP contribution >= 0.6 is 0 Å². The van der Waals surface area contributed by atoms with Crippen LogP contribution in [-0.2, 0) is 18.4 Å². The Bertz CT molecular complexity index is 936. The number of amides is 1. The summed E-state index contributed by atoms with van der Waals surface area (Å²) in [6, 6.07) is 17.7. The standard InChI is InChI=1S/C23H27N3O3/c1-16(24-23(27)21-14-26(3)25-22(21)15-28-4)18-10-12-20(13-11-18)29-17(2)19-8-6-5-7-9-19/h5-14,16-17H,15H2,1-4H3,(H,24,27). The molecule has 0 aliphatic rings. The van der Waals surface area contributed by atoms with Gasteiger partial charge in [-0.25, -0.2) is 0 Å². The molecule has 0 spiro atoms. The number of aryl methyl sites for hydroxylation is 1. The van der Waals surface area contributed by atoms with E-state index in [0.29, 0.717) is 17.9 Å². The smallest absolute Gasteiger partial charge is 0.255 e. The highest BCUT2D eigenvalue weighted by Gasteiger charge is 2.18. The molecule has 1 heterocycles. The van der Waals surface area contributed by atoms with Gasteiger partial charge in [-0.05, 0) is 37.1 Å². The third-order valence-electron chi connectivity index (χ3n) is 4.74. The van der Waals surface area contributed by atoms with Gasteiger partial charge < -0.3 is 14.8 Å². The molecule has 0 saturated heterocycles. The molecule has 1 amide bonds. The number of aromatic nitrogens is 2. The zero-order valence-electron chi connectivity index (χ0n) is 17.3. The molecule has 2 atom stereocenters. The van der Waals surface area contributed by atoms with Crippen LogP contribution in [0.5, 0.6) is 5.75 Å². The second-order valence-electron chi connectivity index (χ2n) is 7.03. The monoisotopic (exact) mass is 393 g/mol. The van der Waals surface area contributed by atoms with Gasteiger partial charge in [-0.3, -0.25) is 9.48 Å². The topological polar surface area (TPSA) is 65.4 Å². The molecule has 0 radical (unpaired) electrons. The van der Waals surface area contributed by atoms with Crippen molar-refractivity contribution in [2.45, 2.75) is 32.6 Å². The van der Waals surface area contributed by atoms with E-state index in [9.17, 15) is 4.79 Å². The van der Waals surface area contributed by atoms with Crippen molar-refractivity contribution < 1.29 is 14.3 Å². The third kappa shape index (κ3) is 5.23. The number of benzene rings is 2. The number of rotatable bonds is 8. The second-order valence-corrected chi connectivity index (χ2v) is 7.03. The number of carbonyl (C=O) groups excluding carboxylic acids is 1. The van der Waals surface area contributed by atoms with E-state index in [-0.39, 0.29) is 18.1 Å². The summed E-state index contributed by atoms with van der Waals surface area (Å²) in [4.78, 5) is 12.7. The maximum atomic E-state index is 12.7. The van der Waals surface area contributed by atoms with Crippen LogP contribution in [0.3, 0.4) is 0 Å². The van der Waals surface area contributed by atoms with Crippen molar-refractivity contribution in [3.8, 4) is 5.75 Å².